The fourth-order valence-electron chi connectivity index (χ4n) is 3.40. The fourth-order valence-corrected chi connectivity index (χ4v) is 3.40. The highest BCUT2D eigenvalue weighted by Gasteiger charge is 2.30. The third-order valence-corrected chi connectivity index (χ3v) is 5.09. The highest BCUT2D eigenvalue weighted by Crippen LogP contribution is 2.31. The van der Waals surface area contributed by atoms with Crippen LogP contribution in [0.15, 0.2) is 54.6 Å². The number of anilines is 1. The molecule has 1 atom stereocenters. The summed E-state index contributed by atoms with van der Waals surface area (Å²) in [5, 5.41) is 20.1. The van der Waals surface area contributed by atoms with Crippen molar-refractivity contribution in [2.45, 2.75) is 26.1 Å². The molecule has 3 N–H and O–H groups in total. The van der Waals surface area contributed by atoms with Crippen molar-refractivity contribution in [2.75, 3.05) is 5.32 Å². The zero-order valence-electron chi connectivity index (χ0n) is 17.2. The molecule has 0 fully saturated rings. The maximum absolute atomic E-state index is 12.9. The quantitative estimate of drug-likeness (QED) is 0.404. The number of halogens is 3. The van der Waals surface area contributed by atoms with Crippen LogP contribution in [0.2, 0.25) is 0 Å². The Kier molecular flexibility index (Phi) is 5.43. The van der Waals surface area contributed by atoms with E-state index < -0.39 is 23.8 Å². The minimum absolute atomic E-state index is 0.0938. The number of carbonyl (C=O) groups excluding carboxylic acids is 1. The van der Waals surface area contributed by atoms with Gasteiger partial charge in [0, 0.05) is 22.2 Å². The number of nitrogens with one attached hydrogen (secondary N) is 2. The summed E-state index contributed by atoms with van der Waals surface area (Å²) < 4.78 is 38.8. The van der Waals surface area contributed by atoms with Gasteiger partial charge in [0.05, 0.1) is 23.1 Å². The van der Waals surface area contributed by atoms with Crippen molar-refractivity contribution in [1.29, 1.82) is 0 Å². The first-order valence-corrected chi connectivity index (χ1v) is 9.76. The van der Waals surface area contributed by atoms with E-state index in [1.54, 1.807) is 37.3 Å². The Morgan fingerprint density at radius 1 is 1.12 bits per heavy atom. The summed E-state index contributed by atoms with van der Waals surface area (Å²) in [5.74, 6) is -0.650. The number of hydrogen-bond donors (Lipinski definition) is 3. The molecule has 32 heavy (non-hydrogen) atoms. The number of fused-ring (bicyclic) bond motifs is 1. The predicted octanol–water partition coefficient (Wildman–Crippen LogP) is 5.26. The van der Waals surface area contributed by atoms with Crippen molar-refractivity contribution in [1.82, 2.24) is 15.2 Å². The Hall–Kier alpha value is -3.72. The minimum Gasteiger partial charge on any atom is -0.387 e. The zero-order valence-corrected chi connectivity index (χ0v) is 17.2. The molecule has 4 aromatic rings. The van der Waals surface area contributed by atoms with Gasteiger partial charge in [0.2, 0.25) is 0 Å². The SMILES string of the molecule is Cc1ccc(NC(=O)c2cccc(C(F)(F)F)c2)cc1-c1ccc2c([C@H](C)O)[nH]nc2n1. The molecule has 0 unspecified atom stereocenters. The number of aliphatic hydroxyl groups excluding tert-OH is 1. The van der Waals surface area contributed by atoms with Gasteiger partial charge in [-0.2, -0.15) is 18.3 Å². The average molecular weight is 440 g/mol. The molecule has 4 rings (SSSR count). The number of alkyl halides is 3. The molecule has 0 aliphatic heterocycles. The second kappa shape index (κ2) is 8.08. The van der Waals surface area contributed by atoms with Gasteiger partial charge in [-0.3, -0.25) is 9.89 Å². The van der Waals surface area contributed by atoms with E-state index in [2.05, 4.69) is 20.5 Å². The number of aromatic nitrogens is 3. The van der Waals surface area contributed by atoms with Crippen molar-refractivity contribution in [3.8, 4) is 11.3 Å². The van der Waals surface area contributed by atoms with Crippen LogP contribution in [0.5, 0.6) is 0 Å². The van der Waals surface area contributed by atoms with E-state index >= 15 is 0 Å². The lowest BCUT2D eigenvalue weighted by Gasteiger charge is -2.12. The topological polar surface area (TPSA) is 90.9 Å². The summed E-state index contributed by atoms with van der Waals surface area (Å²) in [6.45, 7) is 3.51. The van der Waals surface area contributed by atoms with Gasteiger partial charge in [-0.25, -0.2) is 4.98 Å². The Bertz CT molecular complexity index is 1310. The van der Waals surface area contributed by atoms with Crippen LogP contribution in [0.25, 0.3) is 22.3 Å². The number of amides is 1. The standard InChI is InChI=1S/C23H19F3N4O2/c1-12-6-7-16(27-22(32)14-4-3-5-15(10-14)23(24,25)26)11-18(12)19-9-8-17-20(13(2)31)29-30-21(17)28-19/h3-11,13,31H,1-2H3,(H,27,32)(H,28,29,30)/t13-/m0/s1. The number of H-pyrrole nitrogens is 1. The Labute approximate surface area is 181 Å². The molecule has 164 valence electrons. The first-order chi connectivity index (χ1) is 15.1. The van der Waals surface area contributed by atoms with Crippen molar-refractivity contribution >= 4 is 22.6 Å². The van der Waals surface area contributed by atoms with E-state index in [1.165, 1.54) is 12.1 Å². The number of benzene rings is 2. The summed E-state index contributed by atoms with van der Waals surface area (Å²) in [4.78, 5) is 17.1. The zero-order chi connectivity index (χ0) is 23.0. The van der Waals surface area contributed by atoms with E-state index in [-0.39, 0.29) is 5.56 Å². The first kappa shape index (κ1) is 21.5. The van der Waals surface area contributed by atoms with E-state index in [9.17, 15) is 23.1 Å². The van der Waals surface area contributed by atoms with Crippen LogP contribution in [0.4, 0.5) is 18.9 Å². The summed E-state index contributed by atoms with van der Waals surface area (Å²) in [5.41, 5.74) is 2.67. The average Bonchev–Trinajstić information content (AvgIpc) is 3.18. The van der Waals surface area contributed by atoms with Crippen LogP contribution in [0, 0.1) is 6.92 Å². The summed E-state index contributed by atoms with van der Waals surface area (Å²) in [6.07, 6.45) is -5.25. The Balaban J connectivity index is 1.63. The normalized spacial score (nSPS) is 12.7. The number of carbonyl (C=O) groups is 1. The predicted molar refractivity (Wildman–Crippen MR) is 114 cm³/mol. The molecule has 0 radical (unpaired) electrons. The lowest BCUT2D eigenvalue weighted by molar-refractivity contribution is -0.137. The van der Waals surface area contributed by atoms with Crippen molar-refractivity contribution < 1.29 is 23.1 Å². The van der Waals surface area contributed by atoms with Crippen LogP contribution in [-0.4, -0.2) is 26.2 Å². The van der Waals surface area contributed by atoms with Crippen molar-refractivity contribution in [3.05, 3.63) is 77.0 Å². The fraction of sp³-hybridized carbons (Fsp3) is 0.174. The first-order valence-electron chi connectivity index (χ1n) is 9.76. The third kappa shape index (κ3) is 4.19. The van der Waals surface area contributed by atoms with Gasteiger partial charge in [0.25, 0.3) is 5.91 Å². The lowest BCUT2D eigenvalue weighted by Crippen LogP contribution is -2.14. The molecule has 0 bridgehead atoms. The van der Waals surface area contributed by atoms with E-state index in [0.717, 1.165) is 23.3 Å². The number of pyridine rings is 1. The molecule has 0 aliphatic rings. The maximum atomic E-state index is 12.9. The monoisotopic (exact) mass is 440 g/mol. The Morgan fingerprint density at radius 3 is 2.62 bits per heavy atom. The minimum atomic E-state index is -4.53. The second-order valence-electron chi connectivity index (χ2n) is 7.44. The van der Waals surface area contributed by atoms with Crippen LogP contribution < -0.4 is 5.32 Å². The van der Waals surface area contributed by atoms with Crippen molar-refractivity contribution in [2.24, 2.45) is 0 Å². The molecular formula is C23H19F3N4O2. The maximum Gasteiger partial charge on any atom is 0.416 e. The van der Waals surface area contributed by atoms with Crippen LogP contribution >= 0.6 is 0 Å². The highest BCUT2D eigenvalue weighted by molar-refractivity contribution is 6.04. The summed E-state index contributed by atoms with van der Waals surface area (Å²) in [6, 6.07) is 13.0. The summed E-state index contributed by atoms with van der Waals surface area (Å²) in [7, 11) is 0. The molecule has 2 aromatic carbocycles. The number of aromatic amines is 1. The third-order valence-electron chi connectivity index (χ3n) is 5.09. The number of nitrogens with zero attached hydrogens (tertiary/aromatic N) is 2. The second-order valence-corrected chi connectivity index (χ2v) is 7.44. The van der Waals surface area contributed by atoms with Gasteiger partial charge in [-0.1, -0.05) is 12.1 Å². The molecule has 0 saturated heterocycles. The smallest absolute Gasteiger partial charge is 0.387 e. The number of aliphatic hydroxyl groups is 1. The van der Waals surface area contributed by atoms with E-state index in [4.69, 9.17) is 0 Å². The number of hydrogen-bond acceptors (Lipinski definition) is 4. The lowest BCUT2D eigenvalue weighted by atomic mass is 10.0. The molecule has 0 saturated carbocycles. The molecule has 0 aliphatic carbocycles. The van der Waals surface area contributed by atoms with Crippen LogP contribution in [0.3, 0.4) is 0 Å². The molecule has 6 nitrogen and oxygen atoms in total. The van der Waals surface area contributed by atoms with E-state index in [0.29, 0.717) is 28.1 Å². The van der Waals surface area contributed by atoms with Gasteiger partial charge < -0.3 is 10.4 Å². The van der Waals surface area contributed by atoms with Crippen LogP contribution in [0.1, 0.15) is 40.2 Å². The van der Waals surface area contributed by atoms with Gasteiger partial charge in [0.1, 0.15) is 0 Å². The molecule has 2 aromatic heterocycles. The highest BCUT2D eigenvalue weighted by atomic mass is 19.4. The van der Waals surface area contributed by atoms with Crippen LogP contribution in [-0.2, 0) is 6.18 Å². The van der Waals surface area contributed by atoms with Gasteiger partial charge >= 0.3 is 6.18 Å². The van der Waals surface area contributed by atoms with Gasteiger partial charge in [-0.05, 0) is 61.9 Å². The van der Waals surface area contributed by atoms with E-state index in [1.807, 2.05) is 6.92 Å². The molecule has 0 spiro atoms. The molecular weight excluding hydrogens is 421 g/mol. The number of aryl methyl sites for hydroxylation is 1. The number of rotatable bonds is 4. The summed E-state index contributed by atoms with van der Waals surface area (Å²) >= 11 is 0. The largest absolute Gasteiger partial charge is 0.416 e. The van der Waals surface area contributed by atoms with Gasteiger partial charge in [-0.15, -0.1) is 0 Å². The van der Waals surface area contributed by atoms with Crippen molar-refractivity contribution in [3.63, 3.8) is 0 Å². The Morgan fingerprint density at radius 2 is 1.91 bits per heavy atom. The molecule has 9 heteroatoms. The molecule has 1 amide bonds. The van der Waals surface area contributed by atoms with Gasteiger partial charge in [0.15, 0.2) is 5.65 Å². The molecule has 2 heterocycles.